The van der Waals surface area contributed by atoms with Crippen molar-refractivity contribution in [2.45, 2.75) is 90.4 Å². The van der Waals surface area contributed by atoms with Crippen LogP contribution in [0.25, 0.3) is 0 Å². The fraction of sp³-hybridized carbons (Fsp3) is 0.519. The third-order valence-corrected chi connectivity index (χ3v) is 5.51. The van der Waals surface area contributed by atoms with Crippen LogP contribution in [-0.2, 0) is 6.42 Å². The molecular formula is C27H39NO. The smallest absolute Gasteiger partial charge is 0.115 e. The van der Waals surface area contributed by atoms with Crippen molar-refractivity contribution < 1.29 is 5.11 Å². The van der Waals surface area contributed by atoms with Gasteiger partial charge in [0.1, 0.15) is 5.75 Å². The van der Waals surface area contributed by atoms with E-state index in [9.17, 15) is 5.11 Å². The summed E-state index contributed by atoms with van der Waals surface area (Å²) < 4.78 is 0. The molecular weight excluding hydrogens is 354 g/mol. The number of aromatic hydroxyl groups is 1. The Morgan fingerprint density at radius 3 is 1.72 bits per heavy atom. The number of aryl methyl sites for hydroxylation is 1. The molecule has 0 aliphatic carbocycles. The number of hydrogen-bond donors (Lipinski definition) is 1. The van der Waals surface area contributed by atoms with E-state index in [0.717, 1.165) is 11.3 Å². The lowest BCUT2D eigenvalue weighted by molar-refractivity contribution is 0.475. The third kappa shape index (κ3) is 10.9. The lowest BCUT2D eigenvalue weighted by Crippen LogP contribution is -1.86. The summed E-state index contributed by atoms with van der Waals surface area (Å²) in [7, 11) is 0. The highest BCUT2D eigenvalue weighted by Crippen LogP contribution is 2.17. The minimum atomic E-state index is 0.282. The van der Waals surface area contributed by atoms with Gasteiger partial charge in [-0.3, -0.25) is 4.99 Å². The number of aliphatic imine (C=N–C) groups is 1. The van der Waals surface area contributed by atoms with E-state index >= 15 is 0 Å². The van der Waals surface area contributed by atoms with Gasteiger partial charge in [-0.15, -0.1) is 0 Å². The van der Waals surface area contributed by atoms with E-state index in [4.69, 9.17) is 0 Å². The second-order valence-electron chi connectivity index (χ2n) is 8.16. The van der Waals surface area contributed by atoms with Crippen LogP contribution in [0.5, 0.6) is 5.75 Å². The van der Waals surface area contributed by atoms with Crippen LogP contribution >= 0.6 is 0 Å². The van der Waals surface area contributed by atoms with Gasteiger partial charge in [-0.25, -0.2) is 0 Å². The molecule has 0 atom stereocenters. The SMILES string of the molecule is CCCCCCCCCCCCCCc1ccc(/N=C/c2ccc(O)cc2)cc1. The van der Waals surface area contributed by atoms with Crippen molar-refractivity contribution >= 4 is 11.9 Å². The highest BCUT2D eigenvalue weighted by molar-refractivity contribution is 5.82. The molecule has 2 aromatic rings. The highest BCUT2D eigenvalue weighted by Gasteiger charge is 1.97. The summed E-state index contributed by atoms with van der Waals surface area (Å²) in [4.78, 5) is 4.51. The number of nitrogens with zero attached hydrogens (tertiary/aromatic N) is 1. The van der Waals surface area contributed by atoms with Gasteiger partial charge in [-0.2, -0.15) is 0 Å². The van der Waals surface area contributed by atoms with Crippen molar-refractivity contribution in [3.63, 3.8) is 0 Å². The fourth-order valence-corrected chi connectivity index (χ4v) is 3.63. The molecule has 0 radical (unpaired) electrons. The molecule has 2 rings (SSSR count). The summed E-state index contributed by atoms with van der Waals surface area (Å²) in [6.07, 6.45) is 19.8. The summed E-state index contributed by atoms with van der Waals surface area (Å²) >= 11 is 0. The van der Waals surface area contributed by atoms with Crippen molar-refractivity contribution in [3.8, 4) is 5.75 Å². The van der Waals surface area contributed by atoms with Crippen LogP contribution in [0, 0.1) is 0 Å². The summed E-state index contributed by atoms with van der Waals surface area (Å²) in [5, 5.41) is 9.31. The van der Waals surface area contributed by atoms with Gasteiger partial charge in [0.15, 0.2) is 0 Å². The van der Waals surface area contributed by atoms with Gasteiger partial charge in [0.05, 0.1) is 5.69 Å². The monoisotopic (exact) mass is 393 g/mol. The number of rotatable bonds is 15. The van der Waals surface area contributed by atoms with Gasteiger partial charge in [0.2, 0.25) is 0 Å². The minimum absolute atomic E-state index is 0.282. The van der Waals surface area contributed by atoms with E-state index in [1.807, 2.05) is 18.3 Å². The molecule has 158 valence electrons. The van der Waals surface area contributed by atoms with Crippen molar-refractivity contribution in [2.24, 2.45) is 4.99 Å². The van der Waals surface area contributed by atoms with Crippen LogP contribution in [-0.4, -0.2) is 11.3 Å². The fourth-order valence-electron chi connectivity index (χ4n) is 3.63. The summed E-state index contributed by atoms with van der Waals surface area (Å²) in [5.41, 5.74) is 3.36. The molecule has 2 heteroatoms. The summed E-state index contributed by atoms with van der Waals surface area (Å²) in [6, 6.07) is 15.7. The maximum Gasteiger partial charge on any atom is 0.115 e. The first-order chi connectivity index (χ1) is 14.3. The number of unbranched alkanes of at least 4 members (excludes halogenated alkanes) is 11. The zero-order valence-electron chi connectivity index (χ0n) is 18.3. The normalized spacial score (nSPS) is 11.3. The number of phenolic OH excluding ortho intramolecular Hbond substituents is 1. The van der Waals surface area contributed by atoms with Crippen LogP contribution in [0.3, 0.4) is 0 Å². The van der Waals surface area contributed by atoms with Crippen molar-refractivity contribution in [2.75, 3.05) is 0 Å². The number of hydrogen-bond acceptors (Lipinski definition) is 2. The topological polar surface area (TPSA) is 32.6 Å². The second kappa shape index (κ2) is 14.8. The summed E-state index contributed by atoms with van der Waals surface area (Å²) in [6.45, 7) is 2.28. The van der Waals surface area contributed by atoms with E-state index in [-0.39, 0.29) is 5.75 Å². The molecule has 0 saturated heterocycles. The van der Waals surface area contributed by atoms with Crippen LogP contribution in [0.1, 0.15) is 95.1 Å². The predicted molar refractivity (Wildman–Crippen MR) is 127 cm³/mol. The molecule has 2 aromatic carbocycles. The summed E-state index contributed by atoms with van der Waals surface area (Å²) in [5.74, 6) is 0.282. The quantitative estimate of drug-likeness (QED) is 0.239. The van der Waals surface area contributed by atoms with Gasteiger partial charge in [-0.1, -0.05) is 89.7 Å². The lowest BCUT2D eigenvalue weighted by Gasteiger charge is -2.04. The van der Waals surface area contributed by atoms with Crippen molar-refractivity contribution in [1.29, 1.82) is 0 Å². The largest absolute Gasteiger partial charge is 0.508 e. The van der Waals surface area contributed by atoms with Gasteiger partial charge < -0.3 is 5.11 Å². The van der Waals surface area contributed by atoms with E-state index in [2.05, 4.69) is 36.2 Å². The zero-order chi connectivity index (χ0) is 20.6. The van der Waals surface area contributed by atoms with Crippen LogP contribution in [0.4, 0.5) is 5.69 Å². The Morgan fingerprint density at radius 1 is 0.655 bits per heavy atom. The maximum absolute atomic E-state index is 9.31. The molecule has 0 aliphatic rings. The lowest BCUT2D eigenvalue weighted by atomic mass is 10.0. The molecule has 0 heterocycles. The van der Waals surface area contributed by atoms with E-state index in [1.165, 1.54) is 89.0 Å². The molecule has 1 N–H and O–H groups in total. The molecule has 0 bridgehead atoms. The zero-order valence-corrected chi connectivity index (χ0v) is 18.3. The third-order valence-electron chi connectivity index (χ3n) is 5.51. The Balaban J connectivity index is 1.51. The van der Waals surface area contributed by atoms with E-state index in [0.29, 0.717) is 0 Å². The first-order valence-corrected chi connectivity index (χ1v) is 11.7. The van der Waals surface area contributed by atoms with E-state index in [1.54, 1.807) is 12.1 Å². The van der Waals surface area contributed by atoms with Gasteiger partial charge >= 0.3 is 0 Å². The Bertz CT molecular complexity index is 673. The first kappa shape index (κ1) is 23.2. The maximum atomic E-state index is 9.31. The number of benzene rings is 2. The standard InChI is InChI=1S/C27H39NO/c1-2-3-4-5-6-7-8-9-10-11-12-13-14-24-15-19-26(20-16-24)28-23-25-17-21-27(29)22-18-25/h15-23,29H,2-14H2,1H3/b28-23+. The van der Waals surface area contributed by atoms with Crippen molar-refractivity contribution in [1.82, 2.24) is 0 Å². The average Bonchev–Trinajstić information content (AvgIpc) is 2.75. The molecule has 2 nitrogen and oxygen atoms in total. The van der Waals surface area contributed by atoms with Gasteiger partial charge in [0, 0.05) is 6.21 Å². The van der Waals surface area contributed by atoms with Gasteiger partial charge in [-0.05, 0) is 60.4 Å². The van der Waals surface area contributed by atoms with Crippen LogP contribution < -0.4 is 0 Å². The Hall–Kier alpha value is -2.09. The Kier molecular flexibility index (Phi) is 11.9. The molecule has 0 amide bonds. The molecule has 29 heavy (non-hydrogen) atoms. The Labute approximate surface area is 178 Å². The molecule has 0 unspecified atom stereocenters. The molecule has 0 aliphatic heterocycles. The molecule has 0 aromatic heterocycles. The predicted octanol–water partition coefficient (Wildman–Crippen LogP) is 8.39. The number of phenols is 1. The Morgan fingerprint density at radius 2 is 1.17 bits per heavy atom. The van der Waals surface area contributed by atoms with Crippen LogP contribution in [0.15, 0.2) is 53.5 Å². The highest BCUT2D eigenvalue weighted by atomic mass is 16.3. The molecule has 0 fully saturated rings. The molecule has 0 saturated carbocycles. The minimum Gasteiger partial charge on any atom is -0.508 e. The van der Waals surface area contributed by atoms with Crippen molar-refractivity contribution in [3.05, 3.63) is 59.7 Å². The second-order valence-corrected chi connectivity index (χ2v) is 8.16. The van der Waals surface area contributed by atoms with E-state index < -0.39 is 0 Å². The molecule has 0 spiro atoms. The van der Waals surface area contributed by atoms with Gasteiger partial charge in [0.25, 0.3) is 0 Å². The average molecular weight is 394 g/mol. The first-order valence-electron chi connectivity index (χ1n) is 11.7. The van der Waals surface area contributed by atoms with Crippen LogP contribution in [0.2, 0.25) is 0 Å².